The maximum atomic E-state index is 11.5. The van der Waals surface area contributed by atoms with Crippen molar-refractivity contribution in [1.82, 2.24) is 0 Å². The van der Waals surface area contributed by atoms with Crippen molar-refractivity contribution >= 4 is 11.8 Å². The number of benzene rings is 1. The lowest BCUT2D eigenvalue weighted by molar-refractivity contribution is 0.0636. The molecule has 106 valence electrons. The Labute approximate surface area is 113 Å². The molecule has 1 rings (SSSR count). The van der Waals surface area contributed by atoms with Crippen LogP contribution in [0.2, 0.25) is 0 Å². The molecule has 0 fully saturated rings. The molecule has 1 aromatic rings. The largest absolute Gasteiger partial charge is 0.444 e. The second-order valence-electron chi connectivity index (χ2n) is 5.10. The van der Waals surface area contributed by atoms with Crippen molar-refractivity contribution in [2.75, 3.05) is 18.5 Å². The molecule has 0 aliphatic rings. The van der Waals surface area contributed by atoms with Crippen LogP contribution in [0, 0.1) is 0 Å². The molecule has 0 aromatic heterocycles. The zero-order chi connectivity index (χ0) is 14.3. The topological polar surface area (TPSA) is 67.8 Å². The minimum atomic E-state index is -0.512. The van der Waals surface area contributed by atoms with Crippen LogP contribution in [-0.4, -0.2) is 30.0 Å². The van der Waals surface area contributed by atoms with E-state index in [0.717, 1.165) is 5.56 Å². The van der Waals surface area contributed by atoms with E-state index in [1.165, 1.54) is 0 Å². The van der Waals surface area contributed by atoms with Gasteiger partial charge in [-0.05, 0) is 38.5 Å². The molecule has 0 saturated carbocycles. The minimum Gasteiger partial charge on any atom is -0.444 e. The summed E-state index contributed by atoms with van der Waals surface area (Å²) < 4.78 is 10.3. The molecule has 0 aliphatic carbocycles. The zero-order valence-electron chi connectivity index (χ0n) is 11.6. The van der Waals surface area contributed by atoms with Crippen LogP contribution in [0.4, 0.5) is 10.5 Å². The molecule has 0 bridgehead atoms. The predicted molar refractivity (Wildman–Crippen MR) is 73.0 cm³/mol. The van der Waals surface area contributed by atoms with Gasteiger partial charge >= 0.3 is 6.09 Å². The Balaban J connectivity index is 2.45. The Hall–Kier alpha value is -1.59. The summed E-state index contributed by atoms with van der Waals surface area (Å²) in [5.41, 5.74) is 1.13. The van der Waals surface area contributed by atoms with Gasteiger partial charge in [0.05, 0.1) is 19.8 Å². The van der Waals surface area contributed by atoms with Crippen LogP contribution in [0.5, 0.6) is 0 Å². The van der Waals surface area contributed by atoms with E-state index in [2.05, 4.69) is 5.32 Å². The van der Waals surface area contributed by atoms with Gasteiger partial charge in [-0.3, -0.25) is 5.32 Å². The van der Waals surface area contributed by atoms with Crippen LogP contribution in [0.15, 0.2) is 24.3 Å². The zero-order valence-corrected chi connectivity index (χ0v) is 11.6. The molecule has 0 unspecified atom stereocenters. The van der Waals surface area contributed by atoms with Crippen LogP contribution >= 0.6 is 0 Å². The quantitative estimate of drug-likeness (QED) is 0.804. The van der Waals surface area contributed by atoms with Gasteiger partial charge in [0.1, 0.15) is 5.60 Å². The Kier molecular flexibility index (Phi) is 5.79. The summed E-state index contributed by atoms with van der Waals surface area (Å²) in [4.78, 5) is 11.5. The average molecular weight is 267 g/mol. The van der Waals surface area contributed by atoms with Crippen molar-refractivity contribution in [1.29, 1.82) is 0 Å². The molecular formula is C14H21NO4. The standard InChI is InChI=1S/C14H21NO4/c1-14(2,3)19-13(17)15-12-6-4-11(5-7-12)10-18-9-8-16/h4-7,16H,8-10H2,1-3H3,(H,15,17). The number of carbonyl (C=O) groups is 1. The van der Waals surface area contributed by atoms with E-state index in [0.29, 0.717) is 18.9 Å². The van der Waals surface area contributed by atoms with E-state index in [-0.39, 0.29) is 6.61 Å². The van der Waals surface area contributed by atoms with E-state index in [1.807, 2.05) is 32.9 Å². The third-order valence-corrected chi connectivity index (χ3v) is 2.10. The normalized spacial score (nSPS) is 11.2. The number of aliphatic hydroxyl groups excluding tert-OH is 1. The number of aliphatic hydroxyl groups is 1. The molecule has 0 spiro atoms. The van der Waals surface area contributed by atoms with Crippen LogP contribution in [0.3, 0.4) is 0 Å². The fraction of sp³-hybridized carbons (Fsp3) is 0.500. The van der Waals surface area contributed by atoms with Crippen LogP contribution < -0.4 is 5.32 Å². The van der Waals surface area contributed by atoms with Crippen molar-refractivity contribution in [2.24, 2.45) is 0 Å². The van der Waals surface area contributed by atoms with Crippen LogP contribution in [-0.2, 0) is 16.1 Å². The van der Waals surface area contributed by atoms with Crippen molar-refractivity contribution < 1.29 is 19.4 Å². The minimum absolute atomic E-state index is 0.0122. The molecule has 0 radical (unpaired) electrons. The van der Waals surface area contributed by atoms with Crippen molar-refractivity contribution in [3.8, 4) is 0 Å². The van der Waals surface area contributed by atoms with Gasteiger partial charge in [0.15, 0.2) is 0 Å². The molecule has 2 N–H and O–H groups in total. The second kappa shape index (κ2) is 7.11. The molecule has 1 aromatic carbocycles. The van der Waals surface area contributed by atoms with Crippen LogP contribution in [0.25, 0.3) is 0 Å². The number of nitrogens with one attached hydrogen (secondary N) is 1. The number of anilines is 1. The van der Waals surface area contributed by atoms with Crippen LogP contribution in [0.1, 0.15) is 26.3 Å². The second-order valence-corrected chi connectivity index (χ2v) is 5.10. The fourth-order valence-corrected chi connectivity index (χ4v) is 1.36. The SMILES string of the molecule is CC(C)(C)OC(=O)Nc1ccc(COCCO)cc1. The molecule has 1 amide bonds. The first-order chi connectivity index (χ1) is 8.90. The molecular weight excluding hydrogens is 246 g/mol. The number of rotatable bonds is 5. The van der Waals surface area contributed by atoms with Gasteiger partial charge in [-0.2, -0.15) is 0 Å². The predicted octanol–water partition coefficient (Wildman–Crippen LogP) is 2.54. The summed E-state index contributed by atoms with van der Waals surface area (Å²) in [6.07, 6.45) is -0.475. The van der Waals surface area contributed by atoms with Crippen molar-refractivity contribution in [3.63, 3.8) is 0 Å². The third kappa shape index (κ3) is 6.79. The molecule has 0 atom stereocenters. The summed E-state index contributed by atoms with van der Waals surface area (Å²) in [6.45, 7) is 6.21. The fourth-order valence-electron chi connectivity index (χ4n) is 1.36. The van der Waals surface area contributed by atoms with Gasteiger partial charge in [-0.1, -0.05) is 12.1 Å². The Morgan fingerprint density at radius 3 is 2.42 bits per heavy atom. The number of ether oxygens (including phenoxy) is 2. The molecule has 0 heterocycles. The first-order valence-corrected chi connectivity index (χ1v) is 6.18. The lowest BCUT2D eigenvalue weighted by Gasteiger charge is -2.19. The summed E-state index contributed by atoms with van der Waals surface area (Å²) >= 11 is 0. The smallest absolute Gasteiger partial charge is 0.412 e. The maximum Gasteiger partial charge on any atom is 0.412 e. The summed E-state index contributed by atoms with van der Waals surface area (Å²) in [6, 6.07) is 7.26. The lowest BCUT2D eigenvalue weighted by atomic mass is 10.2. The number of amides is 1. The Morgan fingerprint density at radius 1 is 1.26 bits per heavy atom. The van der Waals surface area contributed by atoms with Crippen molar-refractivity contribution in [2.45, 2.75) is 33.0 Å². The average Bonchev–Trinajstić information content (AvgIpc) is 2.29. The highest BCUT2D eigenvalue weighted by atomic mass is 16.6. The molecule has 0 aliphatic heterocycles. The molecule has 5 nitrogen and oxygen atoms in total. The third-order valence-electron chi connectivity index (χ3n) is 2.10. The number of hydrogen-bond donors (Lipinski definition) is 2. The van der Waals surface area contributed by atoms with Crippen molar-refractivity contribution in [3.05, 3.63) is 29.8 Å². The Bertz CT molecular complexity index is 395. The Morgan fingerprint density at radius 2 is 1.89 bits per heavy atom. The monoisotopic (exact) mass is 267 g/mol. The molecule has 5 heteroatoms. The van der Waals surface area contributed by atoms with Gasteiger partial charge in [0.2, 0.25) is 0 Å². The van der Waals surface area contributed by atoms with Gasteiger partial charge < -0.3 is 14.6 Å². The summed E-state index contributed by atoms with van der Waals surface area (Å²) in [5, 5.41) is 11.2. The molecule has 0 saturated heterocycles. The van der Waals surface area contributed by atoms with E-state index in [9.17, 15) is 4.79 Å². The molecule has 19 heavy (non-hydrogen) atoms. The first-order valence-electron chi connectivity index (χ1n) is 6.18. The number of hydrogen-bond acceptors (Lipinski definition) is 4. The highest BCUT2D eigenvalue weighted by molar-refractivity contribution is 5.84. The van der Waals surface area contributed by atoms with Gasteiger partial charge in [-0.25, -0.2) is 4.79 Å². The highest BCUT2D eigenvalue weighted by Gasteiger charge is 2.15. The van der Waals surface area contributed by atoms with E-state index in [4.69, 9.17) is 14.6 Å². The maximum absolute atomic E-state index is 11.5. The van der Waals surface area contributed by atoms with E-state index in [1.54, 1.807) is 12.1 Å². The highest BCUT2D eigenvalue weighted by Crippen LogP contribution is 2.13. The summed E-state index contributed by atoms with van der Waals surface area (Å²) in [7, 11) is 0. The van der Waals surface area contributed by atoms with Gasteiger partial charge in [-0.15, -0.1) is 0 Å². The summed E-state index contributed by atoms with van der Waals surface area (Å²) in [5.74, 6) is 0. The number of carbonyl (C=O) groups excluding carboxylic acids is 1. The van der Waals surface area contributed by atoms with Gasteiger partial charge in [0.25, 0.3) is 0 Å². The van der Waals surface area contributed by atoms with E-state index >= 15 is 0 Å². The first kappa shape index (κ1) is 15.5. The van der Waals surface area contributed by atoms with E-state index < -0.39 is 11.7 Å². The lowest BCUT2D eigenvalue weighted by Crippen LogP contribution is -2.27. The van der Waals surface area contributed by atoms with Gasteiger partial charge in [0, 0.05) is 5.69 Å².